The van der Waals surface area contributed by atoms with E-state index in [2.05, 4.69) is 29.2 Å². The Morgan fingerprint density at radius 3 is 2.55 bits per heavy atom. The van der Waals surface area contributed by atoms with Crippen molar-refractivity contribution in [3.05, 3.63) is 30.0 Å². The first-order valence-corrected chi connectivity index (χ1v) is 10.8. The second kappa shape index (κ2) is 8.53. The molecule has 0 bridgehead atoms. The molecule has 0 unspecified atom stereocenters. The zero-order chi connectivity index (χ0) is 20.4. The average Bonchev–Trinajstić information content (AvgIpc) is 3.36. The van der Waals surface area contributed by atoms with Gasteiger partial charge in [-0.05, 0) is 57.7 Å². The van der Waals surface area contributed by atoms with Crippen LogP contribution < -0.4 is 5.32 Å². The monoisotopic (exact) mass is 397 g/mol. The smallest absolute Gasteiger partial charge is 0.253 e. The summed E-state index contributed by atoms with van der Waals surface area (Å²) < 4.78 is 1.67. The van der Waals surface area contributed by atoms with Crippen LogP contribution >= 0.6 is 0 Å². The van der Waals surface area contributed by atoms with E-state index in [1.165, 1.54) is 0 Å². The lowest BCUT2D eigenvalue weighted by molar-refractivity contribution is -0.122. The number of hydrogen-bond donors (Lipinski definition) is 1. The Balaban J connectivity index is 1.36. The number of nitrogens with zero attached hydrogens (tertiary/aromatic N) is 4. The molecule has 2 aliphatic rings. The number of aromatic nitrogens is 2. The molecule has 0 spiro atoms. The Bertz CT molecular complexity index is 876. The van der Waals surface area contributed by atoms with E-state index in [4.69, 9.17) is 0 Å². The van der Waals surface area contributed by atoms with Gasteiger partial charge < -0.3 is 15.1 Å². The van der Waals surface area contributed by atoms with Gasteiger partial charge in [0.25, 0.3) is 5.91 Å². The second-order valence-corrected chi connectivity index (χ2v) is 8.57. The highest BCUT2D eigenvalue weighted by Crippen LogP contribution is 2.18. The fourth-order valence-corrected chi connectivity index (χ4v) is 4.37. The van der Waals surface area contributed by atoms with E-state index >= 15 is 0 Å². The van der Waals surface area contributed by atoms with E-state index in [1.54, 1.807) is 4.68 Å². The molecule has 156 valence electrons. The van der Waals surface area contributed by atoms with Crippen LogP contribution in [0.3, 0.4) is 0 Å². The van der Waals surface area contributed by atoms with Crippen molar-refractivity contribution in [2.24, 2.45) is 0 Å². The fraction of sp³-hybridized carbons (Fsp3) is 0.591. The van der Waals surface area contributed by atoms with Crippen LogP contribution in [0.4, 0.5) is 0 Å². The number of amides is 2. The number of carbonyl (C=O) groups is 2. The number of nitrogens with one attached hydrogen (secondary N) is 1. The fourth-order valence-electron chi connectivity index (χ4n) is 4.37. The van der Waals surface area contributed by atoms with Crippen molar-refractivity contribution in [3.8, 4) is 0 Å². The molecule has 2 saturated heterocycles. The summed E-state index contributed by atoms with van der Waals surface area (Å²) in [5.74, 6) is 0.0804. The van der Waals surface area contributed by atoms with Crippen LogP contribution in [0.1, 0.15) is 49.9 Å². The molecule has 2 aliphatic heterocycles. The van der Waals surface area contributed by atoms with Crippen molar-refractivity contribution in [1.82, 2.24) is 24.9 Å². The number of carbonyl (C=O) groups excluding carboxylic acids is 2. The second-order valence-electron chi connectivity index (χ2n) is 8.57. The summed E-state index contributed by atoms with van der Waals surface area (Å²) in [6, 6.07) is 6.40. The molecule has 0 radical (unpaired) electrons. The first-order chi connectivity index (χ1) is 14.0. The van der Waals surface area contributed by atoms with Crippen LogP contribution in [0, 0.1) is 0 Å². The summed E-state index contributed by atoms with van der Waals surface area (Å²) in [6.07, 6.45) is 6.01. The topological polar surface area (TPSA) is 70.5 Å². The van der Waals surface area contributed by atoms with Gasteiger partial charge in [-0.15, -0.1) is 0 Å². The Kier molecular flexibility index (Phi) is 5.85. The molecule has 1 aromatic carbocycles. The zero-order valence-electron chi connectivity index (χ0n) is 17.4. The molecule has 0 atom stereocenters. The van der Waals surface area contributed by atoms with Crippen molar-refractivity contribution < 1.29 is 9.59 Å². The molecule has 29 heavy (non-hydrogen) atoms. The van der Waals surface area contributed by atoms with E-state index < -0.39 is 0 Å². The summed E-state index contributed by atoms with van der Waals surface area (Å²) in [4.78, 5) is 29.4. The van der Waals surface area contributed by atoms with Gasteiger partial charge in [0.05, 0.1) is 5.52 Å². The molecule has 7 nitrogen and oxygen atoms in total. The standard InChI is InChI=1S/C22H31N5O2/c1-16(2)25-11-7-19(8-12-25)23-21(28)15-27-14-18-13-17(5-6-20(18)24-27)22(29)26-9-3-4-10-26/h5-6,13-14,16,19H,3-4,7-12,15H2,1-2H3,(H,23,28). The Morgan fingerprint density at radius 2 is 1.86 bits per heavy atom. The number of piperidine rings is 1. The van der Waals surface area contributed by atoms with Crippen molar-refractivity contribution in [2.75, 3.05) is 26.2 Å². The van der Waals surface area contributed by atoms with Crippen molar-refractivity contribution in [3.63, 3.8) is 0 Å². The van der Waals surface area contributed by atoms with Gasteiger partial charge in [0, 0.05) is 55.4 Å². The molecule has 0 aliphatic carbocycles. The molecule has 2 fully saturated rings. The molecule has 7 heteroatoms. The SMILES string of the molecule is CC(C)N1CCC(NC(=O)Cn2cc3cc(C(=O)N4CCCC4)ccc3n2)CC1. The molecule has 4 rings (SSSR count). The lowest BCUT2D eigenvalue weighted by Crippen LogP contribution is -2.47. The third kappa shape index (κ3) is 4.61. The minimum absolute atomic E-state index is 0.00540. The third-order valence-corrected chi connectivity index (χ3v) is 6.12. The number of fused-ring (bicyclic) bond motifs is 1. The normalized spacial score (nSPS) is 18.7. The Labute approximate surface area is 172 Å². The van der Waals surface area contributed by atoms with Gasteiger partial charge in [-0.25, -0.2) is 0 Å². The van der Waals surface area contributed by atoms with E-state index in [1.807, 2.05) is 29.3 Å². The molecule has 1 N–H and O–H groups in total. The number of rotatable bonds is 5. The van der Waals surface area contributed by atoms with Crippen LogP contribution in [-0.2, 0) is 11.3 Å². The van der Waals surface area contributed by atoms with E-state index in [0.717, 1.165) is 62.8 Å². The maximum atomic E-state index is 12.6. The van der Waals surface area contributed by atoms with E-state index in [0.29, 0.717) is 11.6 Å². The molecule has 1 aromatic heterocycles. The van der Waals surface area contributed by atoms with Crippen LogP contribution in [0.25, 0.3) is 10.9 Å². The van der Waals surface area contributed by atoms with Crippen molar-refractivity contribution >= 4 is 22.7 Å². The molecule has 3 heterocycles. The summed E-state index contributed by atoms with van der Waals surface area (Å²) in [7, 11) is 0. The van der Waals surface area contributed by atoms with Crippen LogP contribution in [0.5, 0.6) is 0 Å². The lowest BCUT2D eigenvalue weighted by Gasteiger charge is -2.34. The van der Waals surface area contributed by atoms with Crippen molar-refractivity contribution in [2.45, 2.75) is 58.2 Å². The van der Waals surface area contributed by atoms with Gasteiger partial charge in [-0.2, -0.15) is 5.10 Å². The van der Waals surface area contributed by atoms with E-state index in [-0.39, 0.29) is 24.4 Å². The highest BCUT2D eigenvalue weighted by molar-refractivity contribution is 5.98. The molecule has 0 saturated carbocycles. The van der Waals surface area contributed by atoms with Crippen LogP contribution in [0.15, 0.2) is 24.4 Å². The zero-order valence-corrected chi connectivity index (χ0v) is 17.4. The van der Waals surface area contributed by atoms with Crippen molar-refractivity contribution in [1.29, 1.82) is 0 Å². The van der Waals surface area contributed by atoms with E-state index in [9.17, 15) is 9.59 Å². The summed E-state index contributed by atoms with van der Waals surface area (Å²) in [5, 5.41) is 8.55. The summed E-state index contributed by atoms with van der Waals surface area (Å²) >= 11 is 0. The Hall–Kier alpha value is -2.41. The largest absolute Gasteiger partial charge is 0.352 e. The predicted octanol–water partition coefficient (Wildman–Crippen LogP) is 2.26. The highest BCUT2D eigenvalue weighted by atomic mass is 16.2. The van der Waals surface area contributed by atoms with Crippen LogP contribution in [0.2, 0.25) is 0 Å². The molecular weight excluding hydrogens is 366 g/mol. The van der Waals surface area contributed by atoms with Gasteiger partial charge in [0.1, 0.15) is 6.54 Å². The highest BCUT2D eigenvalue weighted by Gasteiger charge is 2.23. The maximum Gasteiger partial charge on any atom is 0.253 e. The Morgan fingerprint density at radius 1 is 1.14 bits per heavy atom. The van der Waals surface area contributed by atoms with Gasteiger partial charge in [0.15, 0.2) is 0 Å². The number of benzene rings is 1. The van der Waals surface area contributed by atoms with Gasteiger partial charge in [-0.1, -0.05) is 0 Å². The number of likely N-dealkylation sites (tertiary alicyclic amines) is 2. The number of hydrogen-bond acceptors (Lipinski definition) is 4. The first kappa shape index (κ1) is 19.9. The predicted molar refractivity (Wildman–Crippen MR) is 113 cm³/mol. The maximum absolute atomic E-state index is 12.6. The molecule has 2 amide bonds. The first-order valence-electron chi connectivity index (χ1n) is 10.8. The summed E-state index contributed by atoms with van der Waals surface area (Å²) in [5.41, 5.74) is 1.50. The molecular formula is C22H31N5O2. The van der Waals surface area contributed by atoms with Gasteiger partial charge >= 0.3 is 0 Å². The van der Waals surface area contributed by atoms with Crippen LogP contribution in [-0.4, -0.2) is 69.7 Å². The average molecular weight is 398 g/mol. The minimum atomic E-state index is -0.00540. The van der Waals surface area contributed by atoms with Gasteiger partial charge in [-0.3, -0.25) is 14.3 Å². The van der Waals surface area contributed by atoms with Gasteiger partial charge in [0.2, 0.25) is 5.91 Å². The third-order valence-electron chi connectivity index (χ3n) is 6.12. The molecule has 2 aromatic rings. The minimum Gasteiger partial charge on any atom is -0.352 e. The summed E-state index contributed by atoms with van der Waals surface area (Å²) in [6.45, 7) is 8.37. The lowest BCUT2D eigenvalue weighted by atomic mass is 10.0. The quantitative estimate of drug-likeness (QED) is 0.840.